The van der Waals surface area contributed by atoms with Gasteiger partial charge in [-0.2, -0.15) is 0 Å². The lowest BCUT2D eigenvalue weighted by molar-refractivity contribution is -0.123. The first kappa shape index (κ1) is 18.7. The van der Waals surface area contributed by atoms with Gasteiger partial charge in [-0.05, 0) is 57.5 Å². The topological polar surface area (TPSA) is 40.6 Å². The summed E-state index contributed by atoms with van der Waals surface area (Å²) in [5, 5.41) is -0.395. The molecule has 2 aromatic rings. The summed E-state index contributed by atoms with van der Waals surface area (Å²) in [6.45, 7) is -0.0715. The molecule has 0 radical (unpaired) electrons. The van der Waals surface area contributed by atoms with Crippen molar-refractivity contribution in [3.05, 3.63) is 68.8 Å². The molecule has 0 atom stereocenters. The smallest absolute Gasteiger partial charge is 0.293 e. The molecule has 1 aliphatic rings. The number of hydrogen-bond donors (Lipinski definition) is 0. The Kier molecular flexibility index (Phi) is 5.48. The third-order valence-electron chi connectivity index (χ3n) is 3.91. The number of nitrogens with zero attached hydrogens (tertiary/aromatic N) is 2. The Balaban J connectivity index is 1.83. The zero-order valence-electron chi connectivity index (χ0n) is 14.2. The van der Waals surface area contributed by atoms with Crippen molar-refractivity contribution in [2.24, 2.45) is 0 Å². The third-order valence-corrected chi connectivity index (χ3v) is 5.45. The molecule has 1 heterocycles. The summed E-state index contributed by atoms with van der Waals surface area (Å²) in [5.74, 6) is -0.838. The summed E-state index contributed by atoms with van der Waals surface area (Å²) in [7, 11) is 3.88. The van der Waals surface area contributed by atoms with Crippen LogP contribution in [0.15, 0.2) is 51.8 Å². The van der Waals surface area contributed by atoms with Gasteiger partial charge in [-0.1, -0.05) is 24.3 Å². The molecule has 0 spiro atoms. The minimum absolute atomic E-state index is 0.0715. The first-order chi connectivity index (χ1) is 12.4. The molecule has 3 rings (SSSR count). The van der Waals surface area contributed by atoms with E-state index in [0.717, 1.165) is 32.4 Å². The van der Waals surface area contributed by atoms with E-state index in [1.165, 1.54) is 6.07 Å². The first-order valence-electron chi connectivity index (χ1n) is 7.82. The Hall–Kier alpha value is -2.12. The van der Waals surface area contributed by atoms with Crippen molar-refractivity contribution in [1.82, 2.24) is 4.90 Å². The molecule has 2 aromatic carbocycles. The van der Waals surface area contributed by atoms with E-state index in [-0.39, 0.29) is 6.54 Å². The molecule has 134 valence electrons. The molecule has 0 bridgehead atoms. The first-order valence-corrected chi connectivity index (χ1v) is 9.43. The van der Waals surface area contributed by atoms with Gasteiger partial charge in [0.15, 0.2) is 0 Å². The van der Waals surface area contributed by atoms with Gasteiger partial charge in [0.05, 0.1) is 17.1 Å². The summed E-state index contributed by atoms with van der Waals surface area (Å²) in [4.78, 5) is 28.1. The Morgan fingerprint density at radius 3 is 2.58 bits per heavy atom. The van der Waals surface area contributed by atoms with E-state index in [9.17, 15) is 14.0 Å². The maximum atomic E-state index is 13.8. The second-order valence-electron chi connectivity index (χ2n) is 5.96. The maximum absolute atomic E-state index is 13.8. The number of thioether (sulfide) groups is 1. The lowest BCUT2D eigenvalue weighted by Crippen LogP contribution is -2.27. The van der Waals surface area contributed by atoms with Gasteiger partial charge in [0.25, 0.3) is 11.1 Å². The van der Waals surface area contributed by atoms with E-state index in [4.69, 9.17) is 0 Å². The fraction of sp³-hybridized carbons (Fsp3) is 0.158. The number of anilines is 1. The molecule has 7 heteroatoms. The van der Waals surface area contributed by atoms with E-state index >= 15 is 0 Å². The number of rotatable bonds is 4. The molecule has 0 saturated carbocycles. The highest BCUT2D eigenvalue weighted by molar-refractivity contribution is 9.10. The Morgan fingerprint density at radius 1 is 1.19 bits per heavy atom. The lowest BCUT2D eigenvalue weighted by atomic mass is 10.1. The molecule has 0 aromatic heterocycles. The summed E-state index contributed by atoms with van der Waals surface area (Å²) in [5.41, 5.74) is 2.13. The average Bonchev–Trinajstić information content (AvgIpc) is 2.84. The van der Waals surface area contributed by atoms with Gasteiger partial charge in [0.1, 0.15) is 5.82 Å². The Labute approximate surface area is 163 Å². The largest absolute Gasteiger partial charge is 0.377 e. The molecule has 0 N–H and O–H groups in total. The van der Waals surface area contributed by atoms with Crippen LogP contribution >= 0.6 is 27.7 Å². The molecule has 2 amide bonds. The second-order valence-corrected chi connectivity index (χ2v) is 7.81. The molecular formula is C19H16BrFN2O2S. The number of benzene rings is 2. The highest BCUT2D eigenvalue weighted by Crippen LogP contribution is 2.34. The molecule has 0 unspecified atom stereocenters. The predicted molar refractivity (Wildman–Crippen MR) is 106 cm³/mol. The Bertz CT molecular complexity index is 914. The van der Waals surface area contributed by atoms with Crippen LogP contribution in [0, 0.1) is 5.82 Å². The van der Waals surface area contributed by atoms with Crippen LogP contribution in [-0.2, 0) is 11.3 Å². The molecule has 26 heavy (non-hydrogen) atoms. The van der Waals surface area contributed by atoms with Crippen LogP contribution in [0.3, 0.4) is 0 Å². The zero-order valence-corrected chi connectivity index (χ0v) is 16.6. The SMILES string of the molecule is CN(C)c1ccc(/C=C2\SC(=O)N(Cc3ccccc3F)C2=O)cc1Br. The predicted octanol–water partition coefficient (Wildman–Crippen LogP) is 4.89. The number of carbonyl (C=O) groups is 2. The second kappa shape index (κ2) is 7.63. The van der Waals surface area contributed by atoms with Gasteiger partial charge in [0.2, 0.25) is 0 Å². The van der Waals surface area contributed by atoms with Crippen LogP contribution in [0.25, 0.3) is 6.08 Å². The molecule has 0 aliphatic carbocycles. The highest BCUT2D eigenvalue weighted by atomic mass is 79.9. The minimum Gasteiger partial charge on any atom is -0.377 e. The van der Waals surface area contributed by atoms with Gasteiger partial charge >= 0.3 is 0 Å². The highest BCUT2D eigenvalue weighted by Gasteiger charge is 2.35. The van der Waals surface area contributed by atoms with E-state index in [0.29, 0.717) is 10.5 Å². The minimum atomic E-state index is -0.432. The van der Waals surface area contributed by atoms with Crippen LogP contribution in [-0.4, -0.2) is 30.1 Å². The quantitative estimate of drug-likeness (QED) is 0.642. The monoisotopic (exact) mass is 434 g/mol. The van der Waals surface area contributed by atoms with Gasteiger partial charge < -0.3 is 4.90 Å². The van der Waals surface area contributed by atoms with Crippen molar-refractivity contribution < 1.29 is 14.0 Å². The number of amides is 2. The van der Waals surface area contributed by atoms with Crippen LogP contribution < -0.4 is 4.90 Å². The van der Waals surface area contributed by atoms with Crippen molar-refractivity contribution in [3.63, 3.8) is 0 Å². The molecule has 1 fully saturated rings. The number of carbonyl (C=O) groups excluding carboxylic acids is 2. The van der Waals surface area contributed by atoms with Crippen molar-refractivity contribution in [1.29, 1.82) is 0 Å². The van der Waals surface area contributed by atoms with E-state index < -0.39 is 17.0 Å². The van der Waals surface area contributed by atoms with Crippen molar-refractivity contribution in [2.75, 3.05) is 19.0 Å². The fourth-order valence-electron chi connectivity index (χ4n) is 2.56. The summed E-state index contributed by atoms with van der Waals surface area (Å²) in [6.07, 6.45) is 1.68. The number of hydrogen-bond acceptors (Lipinski definition) is 4. The van der Waals surface area contributed by atoms with Crippen LogP contribution in [0.2, 0.25) is 0 Å². The van der Waals surface area contributed by atoms with E-state index in [1.807, 2.05) is 37.2 Å². The molecule has 1 aliphatic heterocycles. The van der Waals surface area contributed by atoms with Crippen LogP contribution in [0.1, 0.15) is 11.1 Å². The number of halogens is 2. The van der Waals surface area contributed by atoms with Gasteiger partial charge in [-0.25, -0.2) is 4.39 Å². The summed E-state index contributed by atoms with van der Waals surface area (Å²) in [6, 6.07) is 11.8. The molecule has 4 nitrogen and oxygen atoms in total. The molecule has 1 saturated heterocycles. The van der Waals surface area contributed by atoms with Gasteiger partial charge in [-0.3, -0.25) is 14.5 Å². The lowest BCUT2D eigenvalue weighted by Gasteiger charge is -2.14. The van der Waals surface area contributed by atoms with Gasteiger partial charge in [0, 0.05) is 24.1 Å². The van der Waals surface area contributed by atoms with Crippen LogP contribution in [0.4, 0.5) is 14.9 Å². The number of imide groups is 1. The molecular weight excluding hydrogens is 419 g/mol. The zero-order chi connectivity index (χ0) is 18.8. The van der Waals surface area contributed by atoms with E-state index in [1.54, 1.807) is 24.3 Å². The standard InChI is InChI=1S/C19H16BrFN2O2S/c1-22(2)16-8-7-12(9-14(16)20)10-17-18(24)23(19(25)26-17)11-13-5-3-4-6-15(13)21/h3-10H,11H2,1-2H3/b17-10-. The fourth-order valence-corrected chi connectivity index (χ4v) is 4.15. The van der Waals surface area contributed by atoms with E-state index in [2.05, 4.69) is 15.9 Å². The van der Waals surface area contributed by atoms with Crippen molar-refractivity contribution in [3.8, 4) is 0 Å². The Morgan fingerprint density at radius 2 is 1.92 bits per heavy atom. The van der Waals surface area contributed by atoms with Crippen molar-refractivity contribution >= 4 is 50.6 Å². The van der Waals surface area contributed by atoms with Gasteiger partial charge in [-0.15, -0.1) is 0 Å². The average molecular weight is 435 g/mol. The summed E-state index contributed by atoms with van der Waals surface area (Å²) >= 11 is 4.37. The van der Waals surface area contributed by atoms with Crippen molar-refractivity contribution in [2.45, 2.75) is 6.54 Å². The summed E-state index contributed by atoms with van der Waals surface area (Å²) < 4.78 is 14.7. The normalized spacial score (nSPS) is 15.8. The third kappa shape index (κ3) is 3.83. The maximum Gasteiger partial charge on any atom is 0.293 e. The van der Waals surface area contributed by atoms with Crippen LogP contribution in [0.5, 0.6) is 0 Å².